The monoisotopic (exact) mass is 552 g/mol. The zero-order chi connectivity index (χ0) is 25.3. The number of nitrogens with one attached hydrogen (secondary N) is 2. The topological polar surface area (TPSA) is 111 Å². The minimum Gasteiger partial charge on any atom is -0.459 e. The highest BCUT2D eigenvalue weighted by atomic mass is 79.9. The number of hydrogen-bond donors (Lipinski definition) is 2. The fourth-order valence-corrected chi connectivity index (χ4v) is 3.40. The number of hydrogen-bond acceptors (Lipinski definition) is 6. The fraction of sp³-hybridized carbons (Fsp3) is 0.333. The molecule has 34 heavy (non-hydrogen) atoms. The van der Waals surface area contributed by atoms with Crippen LogP contribution in [0.25, 0.3) is 0 Å². The lowest BCUT2D eigenvalue weighted by Crippen LogP contribution is -2.21. The zero-order valence-electron chi connectivity index (χ0n) is 19.1. The van der Waals surface area contributed by atoms with Crippen LogP contribution in [0.5, 0.6) is 0 Å². The molecule has 0 heterocycles. The first-order valence-electron chi connectivity index (χ1n) is 10.6. The van der Waals surface area contributed by atoms with Crippen LogP contribution in [0.3, 0.4) is 0 Å². The van der Waals surface area contributed by atoms with Crippen molar-refractivity contribution in [2.45, 2.75) is 46.1 Å². The summed E-state index contributed by atoms with van der Waals surface area (Å²) in [7, 11) is 0. The number of benzene rings is 2. The van der Waals surface area contributed by atoms with Gasteiger partial charge in [-0.25, -0.2) is 4.79 Å². The molecule has 182 valence electrons. The van der Waals surface area contributed by atoms with E-state index < -0.39 is 24.5 Å². The maximum Gasteiger partial charge on any atom is 0.338 e. The first-order valence-corrected chi connectivity index (χ1v) is 11.7. The summed E-state index contributed by atoms with van der Waals surface area (Å²) in [6.07, 6.45) is 0.119. The van der Waals surface area contributed by atoms with Crippen LogP contribution < -0.4 is 10.6 Å². The van der Waals surface area contributed by atoms with Gasteiger partial charge in [-0.3, -0.25) is 14.4 Å². The number of halogens is 2. The number of amides is 2. The minimum absolute atomic E-state index is 0.0101. The third-order valence-electron chi connectivity index (χ3n) is 4.44. The van der Waals surface area contributed by atoms with Crippen molar-refractivity contribution < 1.29 is 28.7 Å². The van der Waals surface area contributed by atoms with Gasteiger partial charge in [-0.15, -0.1) is 0 Å². The van der Waals surface area contributed by atoms with Crippen molar-refractivity contribution in [1.82, 2.24) is 0 Å². The molecule has 0 fully saturated rings. The first kappa shape index (κ1) is 27.3. The van der Waals surface area contributed by atoms with Crippen molar-refractivity contribution >= 4 is 62.7 Å². The Balaban J connectivity index is 1.68. The molecule has 0 saturated heterocycles. The summed E-state index contributed by atoms with van der Waals surface area (Å²) in [5, 5.41) is 5.78. The molecule has 0 unspecified atom stereocenters. The molecule has 0 bridgehead atoms. The van der Waals surface area contributed by atoms with E-state index in [1.54, 1.807) is 50.2 Å². The van der Waals surface area contributed by atoms with Gasteiger partial charge in [0.05, 0.1) is 16.7 Å². The number of carbonyl (C=O) groups excluding carboxylic acids is 4. The van der Waals surface area contributed by atoms with Crippen molar-refractivity contribution in [2.75, 3.05) is 17.2 Å². The predicted molar refractivity (Wildman–Crippen MR) is 133 cm³/mol. The Kier molecular flexibility index (Phi) is 10.5. The summed E-state index contributed by atoms with van der Waals surface area (Å²) in [6.45, 7) is 4.89. The molecule has 0 radical (unpaired) electrons. The summed E-state index contributed by atoms with van der Waals surface area (Å²) in [5.41, 5.74) is 2.23. The highest BCUT2D eigenvalue weighted by Crippen LogP contribution is 2.28. The van der Waals surface area contributed by atoms with Gasteiger partial charge < -0.3 is 20.1 Å². The van der Waals surface area contributed by atoms with Crippen molar-refractivity contribution in [3.05, 3.63) is 57.0 Å². The molecular weight excluding hydrogens is 528 g/mol. The third kappa shape index (κ3) is 9.15. The zero-order valence-corrected chi connectivity index (χ0v) is 21.4. The smallest absolute Gasteiger partial charge is 0.338 e. The van der Waals surface area contributed by atoms with E-state index in [9.17, 15) is 19.2 Å². The largest absolute Gasteiger partial charge is 0.459 e. The molecule has 0 spiro atoms. The summed E-state index contributed by atoms with van der Waals surface area (Å²) in [4.78, 5) is 47.8. The van der Waals surface area contributed by atoms with Crippen LogP contribution in [0, 0.1) is 6.92 Å². The van der Waals surface area contributed by atoms with E-state index in [4.69, 9.17) is 21.1 Å². The Morgan fingerprint density at radius 1 is 1.00 bits per heavy atom. The lowest BCUT2D eigenvalue weighted by atomic mass is 10.2. The van der Waals surface area contributed by atoms with Gasteiger partial charge in [0.25, 0.3) is 5.91 Å². The molecule has 8 nitrogen and oxygen atoms in total. The second-order valence-corrected chi connectivity index (χ2v) is 8.98. The second kappa shape index (κ2) is 13.1. The Bertz CT molecular complexity index is 1060. The average Bonchev–Trinajstić information content (AvgIpc) is 2.76. The van der Waals surface area contributed by atoms with Gasteiger partial charge in [0.15, 0.2) is 6.61 Å². The maximum absolute atomic E-state index is 12.1. The van der Waals surface area contributed by atoms with Crippen LogP contribution in [0.15, 0.2) is 40.9 Å². The summed E-state index contributed by atoms with van der Waals surface area (Å²) >= 11 is 9.34. The molecule has 0 aliphatic carbocycles. The Morgan fingerprint density at radius 3 is 2.32 bits per heavy atom. The number of carbonyl (C=O) groups is 4. The minimum atomic E-state index is -0.582. The van der Waals surface area contributed by atoms with Crippen molar-refractivity contribution in [3.63, 3.8) is 0 Å². The van der Waals surface area contributed by atoms with E-state index in [2.05, 4.69) is 26.6 Å². The van der Waals surface area contributed by atoms with Gasteiger partial charge in [0, 0.05) is 28.7 Å². The molecule has 2 aromatic rings. The molecular formula is C24H26BrClN2O6. The van der Waals surface area contributed by atoms with E-state index in [0.29, 0.717) is 26.4 Å². The second-order valence-electron chi connectivity index (χ2n) is 7.72. The molecule has 0 saturated carbocycles. The van der Waals surface area contributed by atoms with Crippen LogP contribution in [0.1, 0.15) is 49.0 Å². The van der Waals surface area contributed by atoms with Gasteiger partial charge in [-0.05, 0) is 85.1 Å². The predicted octanol–water partition coefficient (Wildman–Crippen LogP) is 5.27. The van der Waals surface area contributed by atoms with Crippen molar-refractivity contribution in [1.29, 1.82) is 0 Å². The standard InChI is InChI=1S/C24H26BrClN2O6/c1-14(2)34-24(32)16-7-9-17(10-8-16)27-21(29)5-4-6-23(31)33-13-22(30)28-20-12-19(26)18(25)11-15(20)3/h7-12,14H,4-6,13H2,1-3H3,(H,27,29)(H,28,30). The molecule has 2 amide bonds. The number of ether oxygens (including phenoxy) is 2. The highest BCUT2D eigenvalue weighted by Gasteiger charge is 2.13. The molecule has 0 aliphatic heterocycles. The SMILES string of the molecule is Cc1cc(Br)c(Cl)cc1NC(=O)COC(=O)CCCC(=O)Nc1ccc(C(=O)OC(C)C)cc1. The van der Waals surface area contributed by atoms with Crippen LogP contribution in [0.4, 0.5) is 11.4 Å². The van der Waals surface area contributed by atoms with Crippen LogP contribution in [-0.2, 0) is 23.9 Å². The number of esters is 2. The lowest BCUT2D eigenvalue weighted by molar-refractivity contribution is -0.147. The van der Waals surface area contributed by atoms with Crippen LogP contribution in [-0.4, -0.2) is 36.5 Å². The molecule has 10 heteroatoms. The van der Waals surface area contributed by atoms with Gasteiger partial charge in [-0.1, -0.05) is 11.6 Å². The van der Waals surface area contributed by atoms with Gasteiger partial charge in [-0.2, -0.15) is 0 Å². The summed E-state index contributed by atoms with van der Waals surface area (Å²) < 4.78 is 10.8. The number of anilines is 2. The molecule has 2 N–H and O–H groups in total. The lowest BCUT2D eigenvalue weighted by Gasteiger charge is -2.10. The van der Waals surface area contributed by atoms with Gasteiger partial charge in [0.1, 0.15) is 0 Å². The Morgan fingerprint density at radius 2 is 1.68 bits per heavy atom. The molecule has 0 aliphatic rings. The van der Waals surface area contributed by atoms with E-state index in [-0.39, 0.29) is 31.3 Å². The number of rotatable bonds is 10. The van der Waals surface area contributed by atoms with E-state index >= 15 is 0 Å². The molecule has 2 rings (SSSR count). The van der Waals surface area contributed by atoms with Crippen LogP contribution >= 0.6 is 27.5 Å². The normalized spacial score (nSPS) is 10.5. The third-order valence-corrected chi connectivity index (χ3v) is 5.63. The van der Waals surface area contributed by atoms with Gasteiger partial charge >= 0.3 is 11.9 Å². The van der Waals surface area contributed by atoms with Crippen LogP contribution in [0.2, 0.25) is 5.02 Å². The summed E-state index contributed by atoms with van der Waals surface area (Å²) in [6, 6.07) is 9.69. The average molecular weight is 554 g/mol. The maximum atomic E-state index is 12.1. The van der Waals surface area contributed by atoms with E-state index in [0.717, 1.165) is 5.56 Å². The van der Waals surface area contributed by atoms with Crippen molar-refractivity contribution in [2.24, 2.45) is 0 Å². The van der Waals surface area contributed by atoms with Crippen molar-refractivity contribution in [3.8, 4) is 0 Å². The Hall–Kier alpha value is -2.91. The quantitative estimate of drug-likeness (QED) is 0.388. The number of aryl methyl sites for hydroxylation is 1. The fourth-order valence-electron chi connectivity index (χ4n) is 2.77. The summed E-state index contributed by atoms with van der Waals surface area (Å²) in [5.74, 6) is -1.80. The van der Waals surface area contributed by atoms with E-state index in [1.807, 2.05) is 6.92 Å². The Labute approximate surface area is 211 Å². The molecule has 0 atom stereocenters. The van der Waals surface area contributed by atoms with Gasteiger partial charge in [0.2, 0.25) is 5.91 Å². The molecule has 2 aromatic carbocycles. The van der Waals surface area contributed by atoms with E-state index in [1.165, 1.54) is 0 Å². The molecule has 0 aromatic heterocycles. The first-order chi connectivity index (χ1) is 16.0. The highest BCUT2D eigenvalue weighted by molar-refractivity contribution is 9.10.